The molecule has 1 saturated heterocycles. The largest absolute Gasteiger partial charge is 0.379 e. The number of hydrogen-bond donors (Lipinski definition) is 10. The molecule has 1 saturated carbocycles. The summed E-state index contributed by atoms with van der Waals surface area (Å²) in [5, 5.41) is 37.7. The van der Waals surface area contributed by atoms with Crippen LogP contribution in [0.15, 0.2) is 108 Å². The summed E-state index contributed by atoms with van der Waals surface area (Å²) in [6.45, 7) is 13.5. The Hall–Kier alpha value is -12.1. The van der Waals surface area contributed by atoms with E-state index < -0.39 is 41.3 Å². The van der Waals surface area contributed by atoms with Gasteiger partial charge in [0.1, 0.15) is 22.6 Å². The minimum Gasteiger partial charge on any atom is -0.379 e. The molecule has 2 fully saturated rings. The number of rotatable bonds is 48. The minimum absolute atomic E-state index is 0.000132. The van der Waals surface area contributed by atoms with Gasteiger partial charge in [0.2, 0.25) is 29.5 Å². The summed E-state index contributed by atoms with van der Waals surface area (Å²) in [5.74, 6) is -2.95. The fourth-order valence-corrected chi connectivity index (χ4v) is 13.7. The van der Waals surface area contributed by atoms with Gasteiger partial charge in [0, 0.05) is 162 Å². The number of hydrogen-bond acceptors (Lipinski definition) is 23. The number of anilines is 3. The van der Waals surface area contributed by atoms with Gasteiger partial charge in [-0.25, -0.2) is 19.6 Å². The normalized spacial score (nSPS) is 14.0. The molecule has 2 atom stereocenters. The summed E-state index contributed by atoms with van der Waals surface area (Å²) in [6.07, 6.45) is 15.2. The van der Waals surface area contributed by atoms with Crippen molar-refractivity contribution in [3.8, 4) is 11.5 Å². The molecule has 2 aliphatic rings. The zero-order valence-corrected chi connectivity index (χ0v) is 70.9. The molecule has 1 aliphatic carbocycles. The number of benzene rings is 1. The Labute approximate surface area is 707 Å². The smallest absolute Gasteiger partial charge is 0.291 e. The number of likely N-dealkylation sites (N-methyl/N-ethyl adjacent to an activating group) is 1. The van der Waals surface area contributed by atoms with Crippen LogP contribution in [0.2, 0.25) is 0 Å². The van der Waals surface area contributed by atoms with Gasteiger partial charge in [-0.05, 0) is 115 Å². The van der Waals surface area contributed by atoms with Gasteiger partial charge in [-0.2, -0.15) is 5.10 Å². The van der Waals surface area contributed by atoms with Gasteiger partial charge in [-0.15, -0.1) is 0 Å². The molecular weight excluding hydrogens is 1570 g/mol. The van der Waals surface area contributed by atoms with Gasteiger partial charge < -0.3 is 109 Å². The van der Waals surface area contributed by atoms with Gasteiger partial charge in [0.25, 0.3) is 35.1 Å². The van der Waals surface area contributed by atoms with Gasteiger partial charge >= 0.3 is 0 Å². The number of fused-ring (bicyclic) bond motifs is 1. The molecule has 8 aromatic rings. The van der Waals surface area contributed by atoms with E-state index in [0.29, 0.717) is 114 Å². The second-order valence-corrected chi connectivity index (χ2v) is 30.1. The molecule has 1 aromatic carbocycles. The van der Waals surface area contributed by atoms with Crippen LogP contribution < -0.4 is 53.4 Å². The quantitative estimate of drug-likeness (QED) is 0.0149. The summed E-state index contributed by atoms with van der Waals surface area (Å²) in [6, 6.07) is 16.9. The van der Waals surface area contributed by atoms with E-state index in [1.165, 1.54) is 56.5 Å². The molecule has 9 amide bonds. The van der Waals surface area contributed by atoms with Crippen molar-refractivity contribution < 1.29 is 66.8 Å². The molecule has 10 rings (SSSR count). The maximum Gasteiger partial charge on any atom is 0.291 e. The van der Waals surface area contributed by atoms with E-state index in [1.807, 2.05) is 37.5 Å². The topological polar surface area (TPSA) is 453 Å². The number of ether oxygens (including phenoxy) is 5. The number of piperidine rings is 1. The van der Waals surface area contributed by atoms with Gasteiger partial charge in [0.15, 0.2) is 23.3 Å². The van der Waals surface area contributed by atoms with Crippen molar-refractivity contribution in [3.63, 3.8) is 0 Å². The first-order valence-corrected chi connectivity index (χ1v) is 41.0. The van der Waals surface area contributed by atoms with E-state index in [1.54, 1.807) is 69.9 Å². The minimum atomic E-state index is -0.764. The third kappa shape index (κ3) is 27.7. The number of aryl methyl sites for hydroxylation is 6. The summed E-state index contributed by atoms with van der Waals surface area (Å²) >= 11 is 0. The fourth-order valence-electron chi connectivity index (χ4n) is 13.7. The molecule has 7 aromatic heterocycles. The Morgan fingerprint density at radius 3 is 1.78 bits per heavy atom. The summed E-state index contributed by atoms with van der Waals surface area (Å²) in [4.78, 5) is 152. The first kappa shape index (κ1) is 92.2. The molecular formula is C83H114N24O15. The molecule has 0 bridgehead atoms. The van der Waals surface area contributed by atoms with Crippen LogP contribution in [0.25, 0.3) is 22.6 Å². The van der Waals surface area contributed by atoms with Crippen molar-refractivity contribution in [2.75, 3.05) is 162 Å². The van der Waals surface area contributed by atoms with Gasteiger partial charge in [-0.1, -0.05) is 30.3 Å². The predicted octanol–water partition coefficient (Wildman–Crippen LogP) is 3.12. The van der Waals surface area contributed by atoms with Crippen molar-refractivity contribution in [2.45, 2.75) is 89.6 Å². The summed E-state index contributed by atoms with van der Waals surface area (Å²) in [7, 11) is 11.7. The number of carbonyl (C=O) groups is 9. The molecule has 0 spiro atoms. The van der Waals surface area contributed by atoms with Crippen molar-refractivity contribution >= 4 is 87.2 Å². The van der Waals surface area contributed by atoms with Crippen LogP contribution in [-0.4, -0.2) is 278 Å². The second-order valence-electron chi connectivity index (χ2n) is 30.1. The number of nitrogens with zero attached hydrogens (tertiary/aromatic N) is 14. The highest BCUT2D eigenvalue weighted by atomic mass is 16.6. The SMILES string of the molecule is Cc1cc(-c2nc3cnc(C4CCN(CCOCCOCCOCCOCCOCCC(=O)NCCCN(C)CCCNC(=O)CCNC(=O)c5nc(NC(=O)CCNC(=O)c6cc(NC(=O)C(=N)N(C)/C=C7\CC7NC(=O)CCNC(=O)c7cc(NC(=O)c8nccn8C)cn7C)cn6C)cn5C)CC4)cc3n2[C@@H](C)c2ccccc2)nn(C)c1=O. The van der Waals surface area contributed by atoms with Crippen molar-refractivity contribution in [3.05, 3.63) is 154 Å². The number of amides is 9. The molecule has 10 N–H and O–H groups in total. The second kappa shape index (κ2) is 46.0. The van der Waals surface area contributed by atoms with E-state index in [2.05, 4.69) is 102 Å². The lowest BCUT2D eigenvalue weighted by Gasteiger charge is -2.31. The molecule has 8 heterocycles. The summed E-state index contributed by atoms with van der Waals surface area (Å²) in [5.41, 5.74) is 6.94. The van der Waals surface area contributed by atoms with E-state index in [9.17, 15) is 47.9 Å². The Morgan fingerprint density at radius 2 is 1.17 bits per heavy atom. The predicted molar refractivity (Wildman–Crippen MR) is 454 cm³/mol. The Bertz CT molecular complexity index is 4990. The van der Waals surface area contributed by atoms with Crippen LogP contribution >= 0.6 is 0 Å². The molecule has 656 valence electrons. The third-order valence-electron chi connectivity index (χ3n) is 20.6. The number of likely N-dealkylation sites (tertiary alicyclic amines) is 1. The van der Waals surface area contributed by atoms with Crippen LogP contribution in [0.3, 0.4) is 0 Å². The lowest BCUT2D eigenvalue weighted by molar-refractivity contribution is -0.122. The molecule has 39 nitrogen and oxygen atoms in total. The molecule has 39 heteroatoms. The number of imidazole rings is 3. The number of amidine groups is 1. The highest BCUT2D eigenvalue weighted by Crippen LogP contribution is 2.35. The number of pyridine rings is 1. The highest BCUT2D eigenvalue weighted by molar-refractivity contribution is 6.41. The van der Waals surface area contributed by atoms with Crippen LogP contribution in [0.4, 0.5) is 17.2 Å². The van der Waals surface area contributed by atoms with Crippen LogP contribution in [-0.2, 0) is 82.9 Å². The fraction of sp³-hybridized carbons (Fsp3) is 0.494. The average molecular weight is 1690 g/mol. The molecule has 1 unspecified atom stereocenters. The monoisotopic (exact) mass is 1690 g/mol. The maximum absolute atomic E-state index is 13.1. The number of carbonyl (C=O) groups excluding carboxylic acids is 9. The van der Waals surface area contributed by atoms with Crippen LogP contribution in [0.5, 0.6) is 0 Å². The lowest BCUT2D eigenvalue weighted by Crippen LogP contribution is -2.35. The van der Waals surface area contributed by atoms with Gasteiger partial charge in [0.05, 0.1) is 101 Å². The van der Waals surface area contributed by atoms with E-state index >= 15 is 0 Å². The maximum atomic E-state index is 13.1. The average Bonchev–Trinajstić information content (AvgIpc) is 1.60. The van der Waals surface area contributed by atoms with Crippen molar-refractivity contribution in [1.82, 2.24) is 99.2 Å². The highest BCUT2D eigenvalue weighted by Gasteiger charge is 2.33. The van der Waals surface area contributed by atoms with Gasteiger partial charge in [-0.3, -0.25) is 58.3 Å². The Morgan fingerprint density at radius 1 is 0.598 bits per heavy atom. The first-order chi connectivity index (χ1) is 58.8. The van der Waals surface area contributed by atoms with Crippen LogP contribution in [0, 0.1) is 12.3 Å². The zero-order valence-electron chi connectivity index (χ0n) is 70.9. The van der Waals surface area contributed by atoms with E-state index in [-0.39, 0.29) is 122 Å². The Balaban J connectivity index is 0.476. The van der Waals surface area contributed by atoms with E-state index in [0.717, 1.165) is 79.9 Å². The lowest BCUT2D eigenvalue weighted by atomic mass is 9.93. The first-order valence-electron chi connectivity index (χ1n) is 41.0. The molecule has 0 radical (unpaired) electrons. The van der Waals surface area contributed by atoms with Crippen molar-refractivity contribution in [2.24, 2.45) is 35.2 Å². The zero-order chi connectivity index (χ0) is 87.2. The number of nitrogens with one attached hydrogen (secondary N) is 10. The summed E-state index contributed by atoms with van der Waals surface area (Å²) < 4.78 is 38.0. The standard InChI is InChI=1S/C83H114N24O15/c1-55-45-64(98-105(9)83(55)117)75-95-65-50-91-62(49-66(65)107(75)56(2)57-15-11-10-12-16-57)58-20-31-106(32-21-58)34-36-119-38-40-121-42-44-122-43-41-120-39-37-118-35-22-71(109)86-24-14-30-99(3)29-13-23-85-70(108)17-25-90-81(115)77-97-69(54-104(77)8)96-73(111)19-27-89-78(112)67-47-60(52-101(67)5)92-80(114)74(84)103(7)51-59-46-63(59)94-72(110)18-26-88-79(113)68-48-61(53-102(68)6)93-82(116)76-87-28-33-100(76)4/h10-12,15-16,28,33,45,47-54,56,58,63,84H,13-14,17-27,29-32,34-44,46H2,1-9H3,(H,85,108)(H,86,109)(H,88,113)(H,89,112)(H,90,115)(H,92,114)(H,93,116)(H,94,110)(H,96,111)/b59-51+,84-74?/t56-,63?/m0/s1. The third-order valence-corrected chi connectivity index (χ3v) is 20.6. The number of aromatic nitrogens is 11. The van der Waals surface area contributed by atoms with Crippen LogP contribution in [0.1, 0.15) is 136 Å². The Kier molecular flexibility index (Phi) is 34.8. The molecule has 1 aliphatic heterocycles. The molecule has 122 heavy (non-hydrogen) atoms. The van der Waals surface area contributed by atoms with Crippen molar-refractivity contribution in [1.29, 1.82) is 5.41 Å². The van der Waals surface area contributed by atoms with E-state index in [4.69, 9.17) is 39.1 Å².